The molecule has 0 bridgehead atoms. The van der Waals surface area contributed by atoms with Crippen molar-refractivity contribution in [1.29, 1.82) is 0 Å². The van der Waals surface area contributed by atoms with Crippen molar-refractivity contribution >= 4 is 18.1 Å². The van der Waals surface area contributed by atoms with Crippen molar-refractivity contribution in [3.05, 3.63) is 77.7 Å². The van der Waals surface area contributed by atoms with E-state index in [9.17, 15) is 9.59 Å². The maximum absolute atomic E-state index is 12.2. The lowest BCUT2D eigenvalue weighted by Crippen LogP contribution is -2.18. The first-order chi connectivity index (χ1) is 14.1. The van der Waals surface area contributed by atoms with Gasteiger partial charge in [-0.2, -0.15) is 5.10 Å². The minimum Gasteiger partial charge on any atom is -0.496 e. The lowest BCUT2D eigenvalue weighted by atomic mass is 10.2. The highest BCUT2D eigenvalue weighted by Gasteiger charge is 2.15. The van der Waals surface area contributed by atoms with Gasteiger partial charge in [-0.3, -0.25) is 4.79 Å². The number of hydrazone groups is 1. The second kappa shape index (κ2) is 9.23. The molecule has 0 saturated carbocycles. The number of hydrogen-bond donors (Lipinski definition) is 1. The highest BCUT2D eigenvalue weighted by molar-refractivity contribution is 5.97. The number of ether oxygens (including phenoxy) is 3. The molecule has 1 N–H and O–H groups in total. The van der Waals surface area contributed by atoms with Crippen LogP contribution >= 0.6 is 0 Å². The van der Waals surface area contributed by atoms with E-state index in [1.54, 1.807) is 48.5 Å². The maximum Gasteiger partial charge on any atom is 0.379 e. The Morgan fingerprint density at radius 1 is 0.966 bits per heavy atom. The minimum atomic E-state index is -0.640. The van der Waals surface area contributed by atoms with Crippen molar-refractivity contribution in [2.24, 2.45) is 5.10 Å². The summed E-state index contributed by atoms with van der Waals surface area (Å²) in [5, 5.41) is 3.94. The summed E-state index contributed by atoms with van der Waals surface area (Å²) in [6, 6.07) is 14.7. The molecule has 0 radical (unpaired) electrons. The van der Waals surface area contributed by atoms with Gasteiger partial charge in [-0.15, -0.1) is 0 Å². The molecule has 148 valence electrons. The third-order valence-corrected chi connectivity index (χ3v) is 3.84. The molecule has 8 nitrogen and oxygen atoms in total. The van der Waals surface area contributed by atoms with Crippen LogP contribution in [0.3, 0.4) is 0 Å². The topological polar surface area (TPSA) is 99.4 Å². The summed E-state index contributed by atoms with van der Waals surface area (Å²) < 4.78 is 20.7. The number of nitrogens with one attached hydrogen (secondary N) is 1. The number of carbonyl (C=O) groups is 2. The molecule has 1 amide bonds. The van der Waals surface area contributed by atoms with Crippen LogP contribution < -0.4 is 19.6 Å². The molecule has 0 aliphatic carbocycles. The second-order valence-electron chi connectivity index (χ2n) is 5.68. The van der Waals surface area contributed by atoms with Crippen LogP contribution in [0.5, 0.6) is 17.2 Å². The summed E-state index contributed by atoms with van der Waals surface area (Å²) in [4.78, 5) is 24.2. The molecule has 0 unspecified atom stereocenters. The number of hydrogen-bond acceptors (Lipinski definition) is 7. The Balaban J connectivity index is 1.68. The fourth-order valence-electron chi connectivity index (χ4n) is 2.45. The highest BCUT2D eigenvalue weighted by Crippen LogP contribution is 2.28. The van der Waals surface area contributed by atoms with Gasteiger partial charge in [0, 0.05) is 0 Å². The van der Waals surface area contributed by atoms with Crippen LogP contribution in [0.15, 0.2) is 70.4 Å². The number of furan rings is 1. The number of methoxy groups -OCH3 is 2. The first-order valence-corrected chi connectivity index (χ1v) is 8.52. The molecule has 0 aliphatic rings. The smallest absolute Gasteiger partial charge is 0.379 e. The summed E-state index contributed by atoms with van der Waals surface area (Å²) in [7, 11) is 2.94. The van der Waals surface area contributed by atoms with Gasteiger partial charge in [-0.05, 0) is 48.0 Å². The van der Waals surface area contributed by atoms with Gasteiger partial charge in [-0.25, -0.2) is 10.2 Å². The standard InChI is InChI=1S/C21H18N2O6/c1-26-16-7-4-3-6-15(16)20(24)23-22-13-14-9-10-17(19(12-14)27-2)29-21(25)18-8-5-11-28-18/h3-13H,1-2H3,(H,23,24)/b22-13-. The van der Waals surface area contributed by atoms with Crippen LogP contribution in [0.25, 0.3) is 0 Å². The van der Waals surface area contributed by atoms with E-state index in [0.717, 1.165) is 0 Å². The molecule has 0 saturated heterocycles. The van der Waals surface area contributed by atoms with Crippen LogP contribution in [-0.4, -0.2) is 32.3 Å². The number of para-hydroxylation sites is 1. The molecule has 3 aromatic rings. The molecule has 1 heterocycles. The predicted molar refractivity (Wildman–Crippen MR) is 105 cm³/mol. The zero-order valence-corrected chi connectivity index (χ0v) is 15.7. The molecule has 29 heavy (non-hydrogen) atoms. The Morgan fingerprint density at radius 2 is 1.76 bits per heavy atom. The van der Waals surface area contributed by atoms with Gasteiger partial charge in [0.25, 0.3) is 5.91 Å². The molecule has 0 spiro atoms. The van der Waals surface area contributed by atoms with Crippen LogP contribution in [0.4, 0.5) is 0 Å². The van der Waals surface area contributed by atoms with Crippen molar-refractivity contribution < 1.29 is 28.2 Å². The first-order valence-electron chi connectivity index (χ1n) is 8.52. The van der Waals surface area contributed by atoms with Gasteiger partial charge in [0.15, 0.2) is 11.5 Å². The number of benzene rings is 2. The van der Waals surface area contributed by atoms with Gasteiger partial charge in [-0.1, -0.05) is 12.1 Å². The molecule has 0 fully saturated rings. The number of amides is 1. The van der Waals surface area contributed by atoms with Crippen molar-refractivity contribution in [2.75, 3.05) is 14.2 Å². The summed E-state index contributed by atoms with van der Waals surface area (Å²) in [6.07, 6.45) is 2.82. The number of rotatable bonds is 7. The van der Waals surface area contributed by atoms with E-state index in [4.69, 9.17) is 18.6 Å². The third kappa shape index (κ3) is 4.81. The highest BCUT2D eigenvalue weighted by atomic mass is 16.6. The Labute approximate surface area is 166 Å². The predicted octanol–water partition coefficient (Wildman–Crippen LogP) is 3.28. The third-order valence-electron chi connectivity index (χ3n) is 3.84. The lowest BCUT2D eigenvalue weighted by Gasteiger charge is -2.09. The molecular weight excluding hydrogens is 376 g/mol. The minimum absolute atomic E-state index is 0.0803. The average molecular weight is 394 g/mol. The monoisotopic (exact) mass is 394 g/mol. The van der Waals surface area contributed by atoms with E-state index in [1.807, 2.05) is 0 Å². The Hall–Kier alpha value is -4.07. The summed E-state index contributed by atoms with van der Waals surface area (Å²) in [5.74, 6) is 0.0313. The fourth-order valence-corrected chi connectivity index (χ4v) is 2.45. The molecule has 0 atom stereocenters. The zero-order valence-electron chi connectivity index (χ0n) is 15.7. The molecule has 8 heteroatoms. The van der Waals surface area contributed by atoms with Crippen LogP contribution in [-0.2, 0) is 0 Å². The first kappa shape index (κ1) is 19.7. The van der Waals surface area contributed by atoms with Gasteiger partial charge >= 0.3 is 5.97 Å². The molecular formula is C21H18N2O6. The SMILES string of the molecule is COc1cc(/C=N\NC(=O)c2ccccc2OC)ccc1OC(=O)c1ccco1. The number of nitrogens with zero attached hydrogens (tertiary/aromatic N) is 1. The molecule has 0 aliphatic heterocycles. The van der Waals surface area contributed by atoms with Gasteiger partial charge in [0.1, 0.15) is 5.75 Å². The molecule has 1 aromatic heterocycles. The summed E-state index contributed by atoms with van der Waals surface area (Å²) in [6.45, 7) is 0. The van der Waals surface area contributed by atoms with E-state index >= 15 is 0 Å². The summed E-state index contributed by atoms with van der Waals surface area (Å²) in [5.41, 5.74) is 3.43. The van der Waals surface area contributed by atoms with Crippen LogP contribution in [0.1, 0.15) is 26.5 Å². The summed E-state index contributed by atoms with van der Waals surface area (Å²) >= 11 is 0. The molecule has 2 aromatic carbocycles. The van der Waals surface area contributed by atoms with Crippen LogP contribution in [0.2, 0.25) is 0 Å². The largest absolute Gasteiger partial charge is 0.496 e. The van der Waals surface area contributed by atoms with E-state index in [2.05, 4.69) is 10.5 Å². The fraction of sp³-hybridized carbons (Fsp3) is 0.0952. The van der Waals surface area contributed by atoms with Crippen molar-refractivity contribution in [2.45, 2.75) is 0 Å². The average Bonchev–Trinajstić information content (AvgIpc) is 3.29. The van der Waals surface area contributed by atoms with E-state index < -0.39 is 11.9 Å². The second-order valence-corrected chi connectivity index (χ2v) is 5.68. The zero-order chi connectivity index (χ0) is 20.6. The normalized spacial score (nSPS) is 10.6. The van der Waals surface area contributed by atoms with Crippen LogP contribution in [0, 0.1) is 0 Å². The number of esters is 1. The van der Waals surface area contributed by atoms with E-state index in [-0.39, 0.29) is 11.5 Å². The number of carbonyl (C=O) groups excluding carboxylic acids is 2. The Morgan fingerprint density at radius 3 is 2.48 bits per heavy atom. The van der Waals surface area contributed by atoms with E-state index in [1.165, 1.54) is 32.8 Å². The van der Waals surface area contributed by atoms with Gasteiger partial charge < -0.3 is 18.6 Å². The maximum atomic E-state index is 12.2. The Bertz CT molecular complexity index is 1030. The molecule has 3 rings (SSSR count). The van der Waals surface area contributed by atoms with Crippen molar-refractivity contribution in [3.8, 4) is 17.2 Å². The van der Waals surface area contributed by atoms with Gasteiger partial charge in [0.05, 0.1) is 32.3 Å². The van der Waals surface area contributed by atoms with E-state index in [0.29, 0.717) is 22.6 Å². The van der Waals surface area contributed by atoms with Gasteiger partial charge in [0.2, 0.25) is 5.76 Å². The Kier molecular flexibility index (Phi) is 6.26. The van der Waals surface area contributed by atoms with Crippen molar-refractivity contribution in [1.82, 2.24) is 5.43 Å². The quantitative estimate of drug-likeness (QED) is 0.286. The lowest BCUT2D eigenvalue weighted by molar-refractivity contribution is 0.0696. The van der Waals surface area contributed by atoms with Crippen molar-refractivity contribution in [3.63, 3.8) is 0 Å².